The molecule has 0 spiro atoms. The average Bonchev–Trinajstić information content (AvgIpc) is 3.06. The molecular formula is C13H20N2O2. The molecule has 0 unspecified atom stereocenters. The van der Waals surface area contributed by atoms with Crippen molar-refractivity contribution in [1.82, 2.24) is 0 Å². The first kappa shape index (κ1) is 13.6. The van der Waals surface area contributed by atoms with Crippen LogP contribution in [0.25, 0.3) is 0 Å². The van der Waals surface area contributed by atoms with E-state index < -0.39 is 0 Å². The Hall–Kier alpha value is -1.45. The predicted octanol–water partition coefficient (Wildman–Crippen LogP) is 1.64. The number of allylic oxidation sites excluding steroid dienone is 2. The molecule has 0 aromatic heterocycles. The Kier molecular flexibility index (Phi) is 4.61. The lowest BCUT2D eigenvalue weighted by Crippen LogP contribution is -2.18. The minimum atomic E-state index is -0.115. The second kappa shape index (κ2) is 5.75. The van der Waals surface area contributed by atoms with Crippen LogP contribution >= 0.6 is 0 Å². The van der Waals surface area contributed by atoms with Crippen molar-refractivity contribution in [2.45, 2.75) is 40.0 Å². The van der Waals surface area contributed by atoms with Gasteiger partial charge < -0.3 is 5.73 Å². The lowest BCUT2D eigenvalue weighted by molar-refractivity contribution is -0.115. The Morgan fingerprint density at radius 2 is 1.88 bits per heavy atom. The van der Waals surface area contributed by atoms with Crippen molar-refractivity contribution in [3.05, 3.63) is 11.3 Å². The largest absolute Gasteiger partial charge is 0.396 e. The third kappa shape index (κ3) is 3.80. The number of nitrogens with zero attached hydrogens (tertiary/aromatic N) is 1. The zero-order valence-corrected chi connectivity index (χ0v) is 10.7. The van der Waals surface area contributed by atoms with Crippen molar-refractivity contribution in [3.63, 3.8) is 0 Å². The SMILES string of the molecule is CCC(=NCC(C)=O)/C(=C(\N)C(C)=O)C1CC1. The second-order valence-electron chi connectivity index (χ2n) is 4.48. The average molecular weight is 236 g/mol. The van der Waals surface area contributed by atoms with Crippen LogP contribution in [0, 0.1) is 5.92 Å². The second-order valence-corrected chi connectivity index (χ2v) is 4.48. The normalized spacial score (nSPS) is 17.7. The molecule has 4 heteroatoms. The first-order chi connectivity index (χ1) is 7.97. The quantitative estimate of drug-likeness (QED) is 0.563. The lowest BCUT2D eigenvalue weighted by atomic mass is 9.99. The van der Waals surface area contributed by atoms with Crippen molar-refractivity contribution >= 4 is 17.3 Å². The molecule has 17 heavy (non-hydrogen) atoms. The monoisotopic (exact) mass is 236 g/mol. The number of nitrogens with two attached hydrogens (primary N) is 1. The van der Waals surface area contributed by atoms with E-state index in [9.17, 15) is 9.59 Å². The molecule has 0 aromatic rings. The molecule has 2 N–H and O–H groups in total. The Morgan fingerprint density at radius 1 is 1.29 bits per heavy atom. The Labute approximate surface area is 102 Å². The van der Waals surface area contributed by atoms with Gasteiger partial charge in [-0.2, -0.15) is 0 Å². The van der Waals surface area contributed by atoms with E-state index in [2.05, 4.69) is 4.99 Å². The van der Waals surface area contributed by atoms with Crippen LogP contribution in [0.5, 0.6) is 0 Å². The summed E-state index contributed by atoms with van der Waals surface area (Å²) in [6.07, 6.45) is 2.82. The van der Waals surface area contributed by atoms with Gasteiger partial charge in [0, 0.05) is 18.2 Å². The maximum atomic E-state index is 11.4. The van der Waals surface area contributed by atoms with Crippen LogP contribution in [-0.2, 0) is 9.59 Å². The number of carbonyl (C=O) groups is 2. The van der Waals surface area contributed by atoms with Crippen molar-refractivity contribution in [2.24, 2.45) is 16.6 Å². The fraction of sp³-hybridized carbons (Fsp3) is 0.615. The van der Waals surface area contributed by atoms with Gasteiger partial charge in [-0.25, -0.2) is 0 Å². The van der Waals surface area contributed by atoms with E-state index in [1.807, 2.05) is 6.92 Å². The highest BCUT2D eigenvalue weighted by Crippen LogP contribution is 2.38. The Balaban J connectivity index is 3.03. The molecule has 0 atom stereocenters. The molecule has 0 radical (unpaired) electrons. The first-order valence-corrected chi connectivity index (χ1v) is 6.01. The summed E-state index contributed by atoms with van der Waals surface area (Å²) in [4.78, 5) is 26.6. The molecule has 1 fully saturated rings. The molecule has 0 aromatic carbocycles. The first-order valence-electron chi connectivity index (χ1n) is 6.01. The summed E-state index contributed by atoms with van der Waals surface area (Å²) >= 11 is 0. The summed E-state index contributed by atoms with van der Waals surface area (Å²) in [5.74, 6) is 0.271. The highest BCUT2D eigenvalue weighted by Gasteiger charge is 2.31. The van der Waals surface area contributed by atoms with Gasteiger partial charge in [0.2, 0.25) is 0 Å². The van der Waals surface area contributed by atoms with E-state index >= 15 is 0 Å². The Morgan fingerprint density at radius 3 is 2.24 bits per heavy atom. The van der Waals surface area contributed by atoms with Gasteiger partial charge in [0.15, 0.2) is 11.6 Å². The summed E-state index contributed by atoms with van der Waals surface area (Å²) in [6, 6.07) is 0. The maximum absolute atomic E-state index is 11.4. The van der Waals surface area contributed by atoms with Crippen LogP contribution in [0.1, 0.15) is 40.0 Å². The molecule has 0 amide bonds. The van der Waals surface area contributed by atoms with E-state index in [0.717, 1.165) is 24.1 Å². The zero-order chi connectivity index (χ0) is 13.0. The van der Waals surface area contributed by atoms with Gasteiger partial charge in [-0.3, -0.25) is 14.6 Å². The summed E-state index contributed by atoms with van der Waals surface area (Å²) in [5.41, 5.74) is 7.86. The number of rotatable bonds is 6. The fourth-order valence-electron chi connectivity index (χ4n) is 1.77. The topological polar surface area (TPSA) is 72.5 Å². The van der Waals surface area contributed by atoms with E-state index in [4.69, 9.17) is 5.73 Å². The number of ketones is 2. The maximum Gasteiger partial charge on any atom is 0.175 e. The molecule has 1 rings (SSSR count). The van der Waals surface area contributed by atoms with Gasteiger partial charge in [-0.15, -0.1) is 0 Å². The minimum absolute atomic E-state index is 0.0208. The zero-order valence-electron chi connectivity index (χ0n) is 10.7. The molecular weight excluding hydrogens is 216 g/mol. The number of carbonyl (C=O) groups excluding carboxylic acids is 2. The lowest BCUT2D eigenvalue weighted by Gasteiger charge is -2.11. The molecule has 0 bridgehead atoms. The summed E-state index contributed by atoms with van der Waals surface area (Å²) < 4.78 is 0. The molecule has 4 nitrogen and oxygen atoms in total. The van der Waals surface area contributed by atoms with Crippen LogP contribution in [0.3, 0.4) is 0 Å². The van der Waals surface area contributed by atoms with E-state index in [0.29, 0.717) is 18.0 Å². The van der Waals surface area contributed by atoms with E-state index in [-0.39, 0.29) is 18.1 Å². The van der Waals surface area contributed by atoms with Crippen LogP contribution < -0.4 is 5.73 Å². The van der Waals surface area contributed by atoms with Gasteiger partial charge in [0.25, 0.3) is 0 Å². The molecule has 94 valence electrons. The smallest absolute Gasteiger partial charge is 0.175 e. The predicted molar refractivity (Wildman–Crippen MR) is 67.9 cm³/mol. The van der Waals surface area contributed by atoms with Gasteiger partial charge in [-0.1, -0.05) is 6.92 Å². The number of hydrogen-bond acceptors (Lipinski definition) is 4. The molecule has 1 aliphatic carbocycles. The highest BCUT2D eigenvalue weighted by molar-refractivity contribution is 6.08. The number of Topliss-reactive ketones (excluding diaryl/α,β-unsaturated/α-hetero) is 2. The van der Waals surface area contributed by atoms with Crippen molar-refractivity contribution < 1.29 is 9.59 Å². The van der Waals surface area contributed by atoms with E-state index in [1.54, 1.807) is 0 Å². The standard InChI is InChI=1S/C13H20N2O2/c1-4-11(15-7-8(2)16)12(10-5-6-10)13(14)9(3)17/h10H,4-7,14H2,1-3H3/b13-12-,15-11?. The van der Waals surface area contributed by atoms with Gasteiger partial charge in [-0.05, 0) is 32.1 Å². The van der Waals surface area contributed by atoms with Gasteiger partial charge in [0.05, 0.1) is 12.2 Å². The minimum Gasteiger partial charge on any atom is -0.396 e. The van der Waals surface area contributed by atoms with Crippen molar-refractivity contribution in [2.75, 3.05) is 6.54 Å². The molecule has 0 saturated heterocycles. The van der Waals surface area contributed by atoms with Gasteiger partial charge >= 0.3 is 0 Å². The number of hydrogen-bond donors (Lipinski definition) is 1. The summed E-state index contributed by atoms with van der Waals surface area (Å²) in [5, 5.41) is 0. The third-order valence-electron chi connectivity index (χ3n) is 2.79. The van der Waals surface area contributed by atoms with Crippen molar-refractivity contribution in [3.8, 4) is 0 Å². The van der Waals surface area contributed by atoms with Gasteiger partial charge in [0.1, 0.15) is 0 Å². The van der Waals surface area contributed by atoms with Crippen LogP contribution in [-0.4, -0.2) is 23.8 Å². The van der Waals surface area contributed by atoms with E-state index in [1.165, 1.54) is 13.8 Å². The van der Waals surface area contributed by atoms with Crippen LogP contribution in [0.15, 0.2) is 16.3 Å². The fourth-order valence-corrected chi connectivity index (χ4v) is 1.77. The van der Waals surface area contributed by atoms with Crippen LogP contribution in [0.2, 0.25) is 0 Å². The third-order valence-corrected chi connectivity index (χ3v) is 2.79. The summed E-state index contributed by atoms with van der Waals surface area (Å²) in [6.45, 7) is 5.11. The molecule has 0 aliphatic heterocycles. The molecule has 1 saturated carbocycles. The molecule has 1 aliphatic rings. The van der Waals surface area contributed by atoms with Crippen molar-refractivity contribution in [1.29, 1.82) is 0 Å². The summed E-state index contributed by atoms with van der Waals surface area (Å²) in [7, 11) is 0. The molecule has 0 heterocycles. The van der Waals surface area contributed by atoms with Crippen LogP contribution in [0.4, 0.5) is 0 Å². The number of aliphatic imine (C=N–C) groups is 1. The Bertz CT molecular complexity index is 390. The highest BCUT2D eigenvalue weighted by atomic mass is 16.1.